The van der Waals surface area contributed by atoms with Crippen molar-refractivity contribution < 1.29 is 4.74 Å². The molecule has 0 saturated heterocycles. The molecule has 0 unspecified atom stereocenters. The summed E-state index contributed by atoms with van der Waals surface area (Å²) in [5, 5.41) is 0.487. The Bertz CT molecular complexity index is 615. The fraction of sp³-hybridized carbons (Fsp3) is 0.167. The lowest BCUT2D eigenvalue weighted by molar-refractivity contribution is 0.344. The number of aromatic amines is 1. The number of ether oxygens (including phenoxy) is 1. The van der Waals surface area contributed by atoms with Gasteiger partial charge in [-0.05, 0) is 12.1 Å². The number of hydrogen-bond acceptors (Lipinski definition) is 6. The van der Waals surface area contributed by atoms with E-state index in [1.807, 2.05) is 12.1 Å². The molecule has 0 radical (unpaired) electrons. The van der Waals surface area contributed by atoms with Gasteiger partial charge in [0.15, 0.2) is 5.16 Å². The molecule has 100 valence electrons. The van der Waals surface area contributed by atoms with Gasteiger partial charge in [0.05, 0.1) is 6.61 Å². The van der Waals surface area contributed by atoms with Crippen LogP contribution in [0, 0.1) is 0 Å². The smallest absolute Gasteiger partial charge is 0.253 e. The zero-order valence-electron chi connectivity index (χ0n) is 10.1. The zero-order valence-corrected chi connectivity index (χ0v) is 10.9. The second kappa shape index (κ2) is 6.14. The van der Waals surface area contributed by atoms with Crippen LogP contribution < -0.4 is 21.8 Å². The molecule has 0 atom stereocenters. The summed E-state index contributed by atoms with van der Waals surface area (Å²) >= 11 is 1.37. The highest BCUT2D eigenvalue weighted by atomic mass is 32.2. The summed E-state index contributed by atoms with van der Waals surface area (Å²) in [6.45, 7) is 0.479. The summed E-state index contributed by atoms with van der Waals surface area (Å²) < 4.78 is 5.52. The van der Waals surface area contributed by atoms with Gasteiger partial charge in [-0.1, -0.05) is 17.8 Å². The largest absolute Gasteiger partial charge is 0.493 e. The molecule has 2 aromatic rings. The van der Waals surface area contributed by atoms with E-state index in [9.17, 15) is 4.79 Å². The number of anilines is 2. The number of rotatable bonds is 5. The van der Waals surface area contributed by atoms with Gasteiger partial charge >= 0.3 is 0 Å². The molecule has 1 heterocycles. The number of nitrogens with two attached hydrogens (primary N) is 2. The van der Waals surface area contributed by atoms with E-state index in [2.05, 4.69) is 9.97 Å². The lowest BCUT2D eigenvalue weighted by Gasteiger charge is -2.06. The van der Waals surface area contributed by atoms with Crippen LogP contribution in [-0.4, -0.2) is 22.3 Å². The first kappa shape index (κ1) is 13.3. The van der Waals surface area contributed by atoms with Crippen LogP contribution in [-0.2, 0) is 0 Å². The molecule has 0 aliphatic carbocycles. The van der Waals surface area contributed by atoms with Crippen LogP contribution in [0.15, 0.2) is 40.3 Å². The number of nitrogens with one attached hydrogen (secondary N) is 1. The molecule has 0 saturated carbocycles. The standard InChI is InChI=1S/C12H14N4O2S/c13-8-2-1-3-9(6-8)18-4-5-19-12-15-10(14)7-11(17)16-12/h1-3,6-7H,4-5,13H2,(H3,14,15,16,17). The molecular weight excluding hydrogens is 264 g/mol. The van der Waals surface area contributed by atoms with Crippen molar-refractivity contribution in [2.24, 2.45) is 0 Å². The van der Waals surface area contributed by atoms with Crippen LogP contribution in [0.3, 0.4) is 0 Å². The summed E-state index contributed by atoms with van der Waals surface area (Å²) in [4.78, 5) is 17.8. The summed E-state index contributed by atoms with van der Waals surface area (Å²) in [5.41, 5.74) is 11.5. The molecule has 0 amide bonds. The van der Waals surface area contributed by atoms with Gasteiger partial charge in [0.2, 0.25) is 0 Å². The Morgan fingerprint density at radius 3 is 2.89 bits per heavy atom. The van der Waals surface area contributed by atoms with Crippen molar-refractivity contribution in [3.05, 3.63) is 40.7 Å². The highest BCUT2D eigenvalue weighted by molar-refractivity contribution is 7.99. The predicted molar refractivity (Wildman–Crippen MR) is 76.3 cm³/mol. The van der Waals surface area contributed by atoms with Crippen molar-refractivity contribution in [2.75, 3.05) is 23.8 Å². The van der Waals surface area contributed by atoms with Gasteiger partial charge < -0.3 is 21.2 Å². The summed E-state index contributed by atoms with van der Waals surface area (Å²) in [5.74, 6) is 1.57. The zero-order chi connectivity index (χ0) is 13.7. The number of nitrogens with zero attached hydrogens (tertiary/aromatic N) is 1. The Labute approximate surface area is 114 Å². The van der Waals surface area contributed by atoms with E-state index in [1.54, 1.807) is 12.1 Å². The molecule has 5 N–H and O–H groups in total. The topological polar surface area (TPSA) is 107 Å². The first-order valence-corrected chi connectivity index (χ1v) is 6.60. The number of nitrogen functional groups attached to an aromatic ring is 2. The van der Waals surface area contributed by atoms with Gasteiger partial charge in [-0.15, -0.1) is 0 Å². The molecule has 7 heteroatoms. The van der Waals surface area contributed by atoms with E-state index >= 15 is 0 Å². The third-order valence-electron chi connectivity index (χ3n) is 2.19. The van der Waals surface area contributed by atoms with Gasteiger partial charge in [0, 0.05) is 23.6 Å². The highest BCUT2D eigenvalue weighted by Gasteiger charge is 2.00. The molecule has 1 aromatic heterocycles. The maximum atomic E-state index is 11.2. The minimum absolute atomic E-state index is 0.211. The Morgan fingerprint density at radius 1 is 1.32 bits per heavy atom. The fourth-order valence-electron chi connectivity index (χ4n) is 1.42. The summed E-state index contributed by atoms with van der Waals surface area (Å²) in [7, 11) is 0. The molecule has 0 spiro atoms. The molecule has 0 fully saturated rings. The number of thioether (sulfide) groups is 1. The van der Waals surface area contributed by atoms with E-state index < -0.39 is 0 Å². The third kappa shape index (κ3) is 4.22. The number of aromatic nitrogens is 2. The van der Waals surface area contributed by atoms with Crippen molar-refractivity contribution in [1.29, 1.82) is 0 Å². The van der Waals surface area contributed by atoms with Crippen LogP contribution in [0.2, 0.25) is 0 Å². The SMILES string of the molecule is Nc1cccc(OCCSc2nc(N)cc(=O)[nH]2)c1. The van der Waals surface area contributed by atoms with Crippen LogP contribution in [0.5, 0.6) is 5.75 Å². The monoisotopic (exact) mass is 278 g/mol. The Kier molecular flexibility index (Phi) is 4.30. The van der Waals surface area contributed by atoms with E-state index in [1.165, 1.54) is 17.8 Å². The fourth-order valence-corrected chi connectivity index (χ4v) is 2.13. The number of H-pyrrole nitrogens is 1. The highest BCUT2D eigenvalue weighted by Crippen LogP contribution is 2.16. The molecule has 1 aromatic carbocycles. The molecular formula is C12H14N4O2S. The first-order chi connectivity index (χ1) is 9.13. The molecule has 0 aliphatic rings. The van der Waals surface area contributed by atoms with Gasteiger partial charge in [-0.3, -0.25) is 4.79 Å². The van der Waals surface area contributed by atoms with Crippen LogP contribution in [0.25, 0.3) is 0 Å². The Balaban J connectivity index is 1.82. The van der Waals surface area contributed by atoms with Crippen molar-refractivity contribution in [2.45, 2.75) is 5.16 Å². The van der Waals surface area contributed by atoms with Gasteiger partial charge in [0.1, 0.15) is 11.6 Å². The summed E-state index contributed by atoms with van der Waals surface area (Å²) in [6.07, 6.45) is 0. The Hall–Kier alpha value is -2.15. The predicted octanol–water partition coefficient (Wildman–Crippen LogP) is 1.11. The normalized spacial score (nSPS) is 10.3. The molecule has 0 aliphatic heterocycles. The van der Waals surface area contributed by atoms with Crippen LogP contribution in [0.1, 0.15) is 0 Å². The number of benzene rings is 1. The van der Waals surface area contributed by atoms with Gasteiger partial charge in [-0.2, -0.15) is 0 Å². The second-order valence-corrected chi connectivity index (χ2v) is 4.83. The van der Waals surface area contributed by atoms with E-state index in [4.69, 9.17) is 16.2 Å². The Morgan fingerprint density at radius 2 is 2.16 bits per heavy atom. The van der Waals surface area contributed by atoms with Crippen molar-refractivity contribution >= 4 is 23.3 Å². The molecule has 2 rings (SSSR count). The second-order valence-electron chi connectivity index (χ2n) is 3.74. The lowest BCUT2D eigenvalue weighted by Crippen LogP contribution is -2.10. The van der Waals surface area contributed by atoms with E-state index in [0.717, 1.165) is 5.75 Å². The van der Waals surface area contributed by atoms with E-state index in [0.29, 0.717) is 23.2 Å². The molecule has 19 heavy (non-hydrogen) atoms. The van der Waals surface area contributed by atoms with Crippen LogP contribution in [0.4, 0.5) is 11.5 Å². The molecule has 6 nitrogen and oxygen atoms in total. The first-order valence-electron chi connectivity index (χ1n) is 5.61. The minimum Gasteiger partial charge on any atom is -0.493 e. The van der Waals surface area contributed by atoms with Crippen molar-refractivity contribution in [1.82, 2.24) is 9.97 Å². The minimum atomic E-state index is -0.258. The average Bonchev–Trinajstić information content (AvgIpc) is 2.34. The summed E-state index contributed by atoms with van der Waals surface area (Å²) in [6, 6.07) is 8.46. The average molecular weight is 278 g/mol. The van der Waals surface area contributed by atoms with E-state index in [-0.39, 0.29) is 11.4 Å². The van der Waals surface area contributed by atoms with Crippen molar-refractivity contribution in [3.63, 3.8) is 0 Å². The van der Waals surface area contributed by atoms with Crippen LogP contribution >= 0.6 is 11.8 Å². The van der Waals surface area contributed by atoms with Gasteiger partial charge in [0.25, 0.3) is 5.56 Å². The third-order valence-corrected chi connectivity index (χ3v) is 3.03. The molecule has 0 bridgehead atoms. The van der Waals surface area contributed by atoms with Crippen molar-refractivity contribution in [3.8, 4) is 5.75 Å². The maximum absolute atomic E-state index is 11.2. The lowest BCUT2D eigenvalue weighted by atomic mass is 10.3. The quantitative estimate of drug-likeness (QED) is 0.327. The van der Waals surface area contributed by atoms with Gasteiger partial charge in [-0.25, -0.2) is 4.98 Å². The number of hydrogen-bond donors (Lipinski definition) is 3. The maximum Gasteiger partial charge on any atom is 0.253 e.